The summed E-state index contributed by atoms with van der Waals surface area (Å²) in [5, 5.41) is -0.549. The molecule has 1 aliphatic rings. The molecule has 2 heterocycles. The maximum Gasteiger partial charge on any atom is 0.294 e. The van der Waals surface area contributed by atoms with E-state index in [2.05, 4.69) is 0 Å². The highest BCUT2D eigenvalue weighted by Gasteiger charge is 2.36. The van der Waals surface area contributed by atoms with Crippen LogP contribution in [-0.2, 0) is 9.59 Å². The zero-order valence-corrected chi connectivity index (χ0v) is 14.5. The first-order chi connectivity index (χ1) is 12.3. The van der Waals surface area contributed by atoms with Crippen LogP contribution in [0.25, 0.3) is 17.4 Å². The molecule has 2 N–H and O–H groups in total. The van der Waals surface area contributed by atoms with Gasteiger partial charge in [-0.1, -0.05) is 24.3 Å². The van der Waals surface area contributed by atoms with Gasteiger partial charge in [-0.05, 0) is 30.8 Å². The molecular weight excluding hydrogens is 356 g/mol. The third-order valence-corrected chi connectivity index (χ3v) is 4.57. The number of rotatable bonds is 5. The number of hydrogen-bond donors (Lipinski definition) is 1. The number of imide groups is 1. The van der Waals surface area contributed by atoms with E-state index in [0.29, 0.717) is 17.1 Å². The third-order valence-electron chi connectivity index (χ3n) is 3.66. The second-order valence-electron chi connectivity index (χ2n) is 5.57. The van der Waals surface area contributed by atoms with Gasteiger partial charge in [0.2, 0.25) is 5.91 Å². The van der Waals surface area contributed by atoms with Crippen LogP contribution in [-0.4, -0.2) is 34.3 Å². The summed E-state index contributed by atoms with van der Waals surface area (Å²) in [5.41, 5.74) is 6.41. The predicted molar refractivity (Wildman–Crippen MR) is 96.0 cm³/mol. The molecule has 1 aromatic carbocycles. The number of carbonyl (C=O) groups is 4. The Labute approximate surface area is 152 Å². The smallest absolute Gasteiger partial charge is 0.294 e. The maximum atomic E-state index is 12.2. The van der Waals surface area contributed by atoms with Gasteiger partial charge in [0.25, 0.3) is 11.1 Å². The molecule has 132 valence electrons. The molecule has 1 aromatic heterocycles. The Balaban J connectivity index is 1.81. The minimum Gasteiger partial charge on any atom is -0.457 e. The van der Waals surface area contributed by atoms with Gasteiger partial charge >= 0.3 is 0 Å². The van der Waals surface area contributed by atoms with Gasteiger partial charge in [-0.2, -0.15) is 0 Å². The molecule has 7 nitrogen and oxygen atoms in total. The van der Waals surface area contributed by atoms with E-state index in [0.717, 1.165) is 22.2 Å². The summed E-state index contributed by atoms with van der Waals surface area (Å²) in [6.07, 6.45) is 1.44. The lowest BCUT2D eigenvalue weighted by Crippen LogP contribution is -2.36. The van der Waals surface area contributed by atoms with Crippen molar-refractivity contribution in [2.45, 2.75) is 6.92 Å². The lowest BCUT2D eigenvalue weighted by atomic mass is 10.1. The van der Waals surface area contributed by atoms with Crippen molar-refractivity contribution < 1.29 is 23.6 Å². The molecule has 0 radical (unpaired) electrons. The summed E-state index contributed by atoms with van der Waals surface area (Å²) in [4.78, 5) is 47.2. The molecule has 0 spiro atoms. The van der Waals surface area contributed by atoms with Crippen LogP contribution in [0.2, 0.25) is 0 Å². The number of nitrogens with zero attached hydrogens (tertiary/aromatic N) is 1. The molecule has 2 aromatic rings. The van der Waals surface area contributed by atoms with Crippen molar-refractivity contribution in [3.63, 3.8) is 0 Å². The average Bonchev–Trinajstić information content (AvgIpc) is 3.15. The van der Waals surface area contributed by atoms with Gasteiger partial charge in [-0.3, -0.25) is 24.1 Å². The molecule has 0 aliphatic carbocycles. The maximum absolute atomic E-state index is 12.2. The minimum atomic E-state index is -0.761. The lowest BCUT2D eigenvalue weighted by Gasteiger charge is -2.08. The number of nitrogens with two attached hydrogens (primary N) is 1. The van der Waals surface area contributed by atoms with Gasteiger partial charge in [0.15, 0.2) is 5.78 Å². The topological polar surface area (TPSA) is 111 Å². The van der Waals surface area contributed by atoms with Crippen molar-refractivity contribution in [1.29, 1.82) is 0 Å². The highest BCUT2D eigenvalue weighted by atomic mass is 32.2. The van der Waals surface area contributed by atoms with Gasteiger partial charge in [0, 0.05) is 17.2 Å². The van der Waals surface area contributed by atoms with Gasteiger partial charge in [-0.25, -0.2) is 0 Å². The van der Waals surface area contributed by atoms with Gasteiger partial charge in [0.05, 0.1) is 4.91 Å². The largest absolute Gasteiger partial charge is 0.457 e. The van der Waals surface area contributed by atoms with E-state index < -0.39 is 23.6 Å². The number of carbonyl (C=O) groups excluding carboxylic acids is 4. The van der Waals surface area contributed by atoms with E-state index in [1.54, 1.807) is 36.4 Å². The number of thioether (sulfide) groups is 1. The Morgan fingerprint density at radius 2 is 1.85 bits per heavy atom. The summed E-state index contributed by atoms with van der Waals surface area (Å²) in [6.45, 7) is 1.04. The van der Waals surface area contributed by atoms with Crippen molar-refractivity contribution in [3.05, 3.63) is 52.6 Å². The number of primary amides is 1. The SMILES string of the molecule is CC(=O)c1ccc(-c2ccc(/C=C3\SC(=O)N(CC(N)=O)C3=O)o2)cc1. The fraction of sp³-hybridized carbons (Fsp3) is 0.111. The van der Waals surface area contributed by atoms with Crippen LogP contribution >= 0.6 is 11.8 Å². The van der Waals surface area contributed by atoms with Crippen LogP contribution in [0.1, 0.15) is 23.0 Å². The Kier molecular flexibility index (Phi) is 4.77. The van der Waals surface area contributed by atoms with Crippen LogP contribution in [0.15, 0.2) is 45.7 Å². The zero-order valence-electron chi connectivity index (χ0n) is 13.7. The van der Waals surface area contributed by atoms with E-state index in [1.165, 1.54) is 13.0 Å². The van der Waals surface area contributed by atoms with Gasteiger partial charge in [0.1, 0.15) is 18.1 Å². The summed E-state index contributed by atoms with van der Waals surface area (Å²) in [5.74, 6) is -0.420. The molecule has 8 heteroatoms. The fourth-order valence-corrected chi connectivity index (χ4v) is 3.19. The molecule has 0 unspecified atom stereocenters. The summed E-state index contributed by atoms with van der Waals surface area (Å²) in [6, 6.07) is 10.3. The standard InChI is InChI=1S/C18H14N2O5S/c1-10(21)11-2-4-12(5-3-11)14-7-6-13(25-14)8-15-17(23)20(9-16(19)22)18(24)26-15/h2-8H,9H2,1H3,(H2,19,22)/b15-8-. The zero-order chi connectivity index (χ0) is 18.8. The Hall–Kier alpha value is -3.13. The number of benzene rings is 1. The molecule has 0 atom stereocenters. The first-order valence-electron chi connectivity index (χ1n) is 7.60. The molecule has 26 heavy (non-hydrogen) atoms. The Bertz CT molecular complexity index is 943. The van der Waals surface area contributed by atoms with Crippen LogP contribution < -0.4 is 5.73 Å². The number of Topliss-reactive ketones (excluding diaryl/α,β-unsaturated/α-hetero) is 1. The van der Waals surface area contributed by atoms with Crippen molar-refractivity contribution in [1.82, 2.24) is 4.90 Å². The molecular formula is C18H14N2O5S. The number of hydrogen-bond acceptors (Lipinski definition) is 6. The van der Waals surface area contributed by atoms with E-state index in [-0.39, 0.29) is 10.7 Å². The van der Waals surface area contributed by atoms with Crippen LogP contribution in [0.5, 0.6) is 0 Å². The Morgan fingerprint density at radius 1 is 1.15 bits per heavy atom. The monoisotopic (exact) mass is 370 g/mol. The van der Waals surface area contributed by atoms with Gasteiger partial charge < -0.3 is 10.2 Å². The quantitative estimate of drug-likeness (QED) is 0.640. The fourth-order valence-electron chi connectivity index (χ4n) is 2.38. The molecule has 1 saturated heterocycles. The van der Waals surface area contributed by atoms with Crippen LogP contribution in [0.3, 0.4) is 0 Å². The second kappa shape index (κ2) is 7.01. The van der Waals surface area contributed by atoms with E-state index >= 15 is 0 Å². The normalized spacial score (nSPS) is 15.7. The number of amides is 3. The van der Waals surface area contributed by atoms with Crippen LogP contribution in [0.4, 0.5) is 4.79 Å². The molecule has 0 saturated carbocycles. The van der Waals surface area contributed by atoms with Crippen molar-refractivity contribution >= 4 is 40.7 Å². The number of furan rings is 1. The van der Waals surface area contributed by atoms with Crippen LogP contribution in [0, 0.1) is 0 Å². The van der Waals surface area contributed by atoms with Crippen molar-refractivity contribution in [3.8, 4) is 11.3 Å². The van der Waals surface area contributed by atoms with Crippen molar-refractivity contribution in [2.24, 2.45) is 5.73 Å². The highest BCUT2D eigenvalue weighted by Crippen LogP contribution is 2.33. The molecule has 1 aliphatic heterocycles. The van der Waals surface area contributed by atoms with E-state index in [1.807, 2.05) is 0 Å². The first kappa shape index (κ1) is 17.7. The van der Waals surface area contributed by atoms with E-state index in [9.17, 15) is 19.2 Å². The number of ketones is 1. The molecule has 3 amide bonds. The Morgan fingerprint density at radius 3 is 2.46 bits per heavy atom. The summed E-state index contributed by atoms with van der Waals surface area (Å²) < 4.78 is 5.68. The first-order valence-corrected chi connectivity index (χ1v) is 8.41. The van der Waals surface area contributed by atoms with E-state index in [4.69, 9.17) is 10.2 Å². The second-order valence-corrected chi connectivity index (χ2v) is 6.56. The molecule has 0 bridgehead atoms. The lowest BCUT2D eigenvalue weighted by molar-refractivity contribution is -0.127. The molecule has 1 fully saturated rings. The third kappa shape index (κ3) is 3.60. The van der Waals surface area contributed by atoms with Crippen molar-refractivity contribution in [2.75, 3.05) is 6.54 Å². The summed E-state index contributed by atoms with van der Waals surface area (Å²) >= 11 is 0.722. The summed E-state index contributed by atoms with van der Waals surface area (Å²) in [7, 11) is 0. The highest BCUT2D eigenvalue weighted by molar-refractivity contribution is 8.18. The average molecular weight is 370 g/mol. The predicted octanol–water partition coefficient (Wildman–Crippen LogP) is 2.67. The van der Waals surface area contributed by atoms with Gasteiger partial charge in [-0.15, -0.1) is 0 Å². The minimum absolute atomic E-state index is 0.0247. The molecule has 3 rings (SSSR count).